The van der Waals surface area contributed by atoms with Crippen molar-refractivity contribution in [1.29, 1.82) is 0 Å². The van der Waals surface area contributed by atoms with Gasteiger partial charge in [0.05, 0.1) is 17.6 Å². The van der Waals surface area contributed by atoms with Crippen molar-refractivity contribution in [3.05, 3.63) is 30.4 Å². The molecule has 1 N–H and O–H groups in total. The fraction of sp³-hybridized carbons (Fsp3) is 0.533. The van der Waals surface area contributed by atoms with Crippen LogP contribution in [0.1, 0.15) is 32.0 Å². The van der Waals surface area contributed by atoms with Gasteiger partial charge in [-0.3, -0.25) is 9.67 Å². The summed E-state index contributed by atoms with van der Waals surface area (Å²) in [5.74, 6) is 0.689. The third-order valence-corrected chi connectivity index (χ3v) is 3.77. The molecule has 0 aliphatic carbocycles. The molecule has 0 aromatic carbocycles. The van der Waals surface area contributed by atoms with Gasteiger partial charge in [0.25, 0.3) is 0 Å². The smallest absolute Gasteiger partial charge is 0.107 e. The van der Waals surface area contributed by atoms with Crippen LogP contribution in [0.15, 0.2) is 24.7 Å². The van der Waals surface area contributed by atoms with Crippen molar-refractivity contribution in [2.75, 3.05) is 13.1 Å². The van der Waals surface area contributed by atoms with E-state index in [1.54, 1.807) is 0 Å². The number of rotatable bonds is 4. The molecule has 1 aliphatic rings. The van der Waals surface area contributed by atoms with Gasteiger partial charge in [-0.15, -0.1) is 0 Å². The first-order valence-electron chi connectivity index (χ1n) is 7.29. The standard InChI is InChI=1S/C15H21N5/c1-11(2)20-15(4-6-18-20)14-10-17-9-13(19-14)7-12-3-5-16-8-12/h4,6,9-12,16H,3,5,7-8H2,1-2H3/t12-/m1/s1. The molecule has 0 spiro atoms. The van der Waals surface area contributed by atoms with E-state index in [0.717, 1.165) is 36.6 Å². The Bertz CT molecular complexity index is 569. The van der Waals surface area contributed by atoms with Crippen molar-refractivity contribution in [1.82, 2.24) is 25.1 Å². The highest BCUT2D eigenvalue weighted by Crippen LogP contribution is 2.21. The largest absolute Gasteiger partial charge is 0.316 e. The van der Waals surface area contributed by atoms with Crippen molar-refractivity contribution in [2.45, 2.75) is 32.7 Å². The lowest BCUT2D eigenvalue weighted by Gasteiger charge is -2.12. The molecule has 20 heavy (non-hydrogen) atoms. The molecule has 5 heteroatoms. The van der Waals surface area contributed by atoms with Crippen LogP contribution in [0.3, 0.4) is 0 Å². The van der Waals surface area contributed by atoms with Gasteiger partial charge in [0.1, 0.15) is 5.69 Å². The topological polar surface area (TPSA) is 55.6 Å². The lowest BCUT2D eigenvalue weighted by Crippen LogP contribution is -2.12. The Morgan fingerprint density at radius 2 is 2.30 bits per heavy atom. The molecule has 2 aromatic heterocycles. The number of hydrogen-bond acceptors (Lipinski definition) is 4. The SMILES string of the molecule is CC(C)n1nccc1-c1cncc(C[C@H]2CCNC2)n1. The molecule has 1 aliphatic heterocycles. The van der Waals surface area contributed by atoms with E-state index in [2.05, 4.69) is 29.2 Å². The van der Waals surface area contributed by atoms with E-state index >= 15 is 0 Å². The monoisotopic (exact) mass is 271 g/mol. The first-order chi connectivity index (χ1) is 9.74. The van der Waals surface area contributed by atoms with E-state index < -0.39 is 0 Å². The summed E-state index contributed by atoms with van der Waals surface area (Å²) in [6, 6.07) is 2.33. The first-order valence-corrected chi connectivity index (χ1v) is 7.29. The first kappa shape index (κ1) is 13.2. The number of nitrogens with zero attached hydrogens (tertiary/aromatic N) is 4. The van der Waals surface area contributed by atoms with E-state index in [1.807, 2.05) is 29.3 Å². The number of nitrogens with one attached hydrogen (secondary N) is 1. The molecule has 0 radical (unpaired) electrons. The fourth-order valence-electron chi connectivity index (χ4n) is 2.74. The quantitative estimate of drug-likeness (QED) is 0.925. The normalized spacial score (nSPS) is 18.9. The van der Waals surface area contributed by atoms with Crippen LogP contribution in [0.5, 0.6) is 0 Å². The second-order valence-corrected chi connectivity index (χ2v) is 5.71. The van der Waals surface area contributed by atoms with Gasteiger partial charge in [-0.25, -0.2) is 4.98 Å². The molecule has 1 atom stereocenters. The summed E-state index contributed by atoms with van der Waals surface area (Å²) < 4.78 is 1.99. The molecule has 5 nitrogen and oxygen atoms in total. The zero-order chi connectivity index (χ0) is 13.9. The molecule has 3 heterocycles. The van der Waals surface area contributed by atoms with Crippen LogP contribution in [0, 0.1) is 5.92 Å². The van der Waals surface area contributed by atoms with Gasteiger partial charge in [-0.2, -0.15) is 5.10 Å². The second-order valence-electron chi connectivity index (χ2n) is 5.71. The second kappa shape index (κ2) is 5.71. The Balaban J connectivity index is 1.84. The molecule has 1 fully saturated rings. The van der Waals surface area contributed by atoms with Crippen molar-refractivity contribution >= 4 is 0 Å². The maximum absolute atomic E-state index is 4.77. The maximum Gasteiger partial charge on any atom is 0.107 e. The highest BCUT2D eigenvalue weighted by Gasteiger charge is 2.17. The number of aromatic nitrogens is 4. The van der Waals surface area contributed by atoms with Crippen LogP contribution in [0.4, 0.5) is 0 Å². The summed E-state index contributed by atoms with van der Waals surface area (Å²) in [7, 11) is 0. The molecule has 106 valence electrons. The predicted molar refractivity (Wildman–Crippen MR) is 78.3 cm³/mol. The summed E-state index contributed by atoms with van der Waals surface area (Å²) in [5, 5.41) is 7.76. The Labute approximate surface area is 119 Å². The van der Waals surface area contributed by atoms with Gasteiger partial charge >= 0.3 is 0 Å². The molecule has 0 unspecified atom stereocenters. The Kier molecular flexibility index (Phi) is 3.78. The molecular weight excluding hydrogens is 250 g/mol. The fourth-order valence-corrected chi connectivity index (χ4v) is 2.74. The summed E-state index contributed by atoms with van der Waals surface area (Å²) in [6.07, 6.45) is 7.77. The van der Waals surface area contributed by atoms with E-state index in [1.165, 1.54) is 6.42 Å². The Morgan fingerprint density at radius 3 is 3.05 bits per heavy atom. The summed E-state index contributed by atoms with van der Waals surface area (Å²) >= 11 is 0. The van der Waals surface area contributed by atoms with Gasteiger partial charge in [-0.05, 0) is 51.8 Å². The average Bonchev–Trinajstić information content (AvgIpc) is 3.09. The molecule has 1 saturated heterocycles. The lowest BCUT2D eigenvalue weighted by molar-refractivity contribution is 0.536. The van der Waals surface area contributed by atoms with Crippen LogP contribution in [0.25, 0.3) is 11.4 Å². The third kappa shape index (κ3) is 2.72. The molecule has 0 bridgehead atoms. The lowest BCUT2D eigenvalue weighted by atomic mass is 10.0. The van der Waals surface area contributed by atoms with Crippen molar-refractivity contribution < 1.29 is 0 Å². The summed E-state index contributed by atoms with van der Waals surface area (Å²) in [4.78, 5) is 9.13. The molecule has 2 aromatic rings. The van der Waals surface area contributed by atoms with Crippen molar-refractivity contribution in [2.24, 2.45) is 5.92 Å². The van der Waals surface area contributed by atoms with E-state index in [4.69, 9.17) is 4.98 Å². The highest BCUT2D eigenvalue weighted by atomic mass is 15.3. The third-order valence-electron chi connectivity index (χ3n) is 3.77. The molecular formula is C15H21N5. The Morgan fingerprint density at radius 1 is 1.40 bits per heavy atom. The van der Waals surface area contributed by atoms with Crippen molar-refractivity contribution in [3.63, 3.8) is 0 Å². The average molecular weight is 271 g/mol. The Hall–Kier alpha value is -1.75. The minimum atomic E-state index is 0.324. The van der Waals surface area contributed by atoms with E-state index in [-0.39, 0.29) is 0 Å². The predicted octanol–water partition coefficient (Wildman–Crippen LogP) is 2.07. The van der Waals surface area contributed by atoms with Crippen LogP contribution >= 0.6 is 0 Å². The van der Waals surface area contributed by atoms with Crippen LogP contribution < -0.4 is 5.32 Å². The van der Waals surface area contributed by atoms with Crippen LogP contribution in [-0.4, -0.2) is 32.8 Å². The van der Waals surface area contributed by atoms with Gasteiger partial charge < -0.3 is 5.32 Å². The van der Waals surface area contributed by atoms with Gasteiger partial charge in [0.15, 0.2) is 0 Å². The highest BCUT2D eigenvalue weighted by molar-refractivity contribution is 5.53. The zero-order valence-electron chi connectivity index (χ0n) is 12.1. The van der Waals surface area contributed by atoms with Gasteiger partial charge in [0.2, 0.25) is 0 Å². The molecule has 0 saturated carbocycles. The molecule has 3 rings (SSSR count). The minimum absolute atomic E-state index is 0.324. The number of hydrogen-bond donors (Lipinski definition) is 1. The van der Waals surface area contributed by atoms with Crippen LogP contribution in [0.2, 0.25) is 0 Å². The van der Waals surface area contributed by atoms with Gasteiger partial charge in [0, 0.05) is 18.4 Å². The maximum atomic E-state index is 4.77. The summed E-state index contributed by atoms with van der Waals surface area (Å²) in [6.45, 7) is 6.46. The van der Waals surface area contributed by atoms with Gasteiger partial charge in [-0.1, -0.05) is 0 Å². The van der Waals surface area contributed by atoms with Crippen LogP contribution in [-0.2, 0) is 6.42 Å². The summed E-state index contributed by atoms with van der Waals surface area (Å²) in [5.41, 5.74) is 3.03. The van der Waals surface area contributed by atoms with Crippen molar-refractivity contribution in [3.8, 4) is 11.4 Å². The van der Waals surface area contributed by atoms with E-state index in [0.29, 0.717) is 12.0 Å². The van der Waals surface area contributed by atoms with E-state index in [9.17, 15) is 0 Å². The minimum Gasteiger partial charge on any atom is -0.316 e. The molecule has 0 amide bonds. The zero-order valence-corrected chi connectivity index (χ0v) is 12.1.